The van der Waals surface area contributed by atoms with Crippen LogP contribution in [0.4, 0.5) is 0 Å². The van der Waals surface area contributed by atoms with Crippen molar-refractivity contribution >= 4 is 76.6 Å². The van der Waals surface area contributed by atoms with Gasteiger partial charge in [-0.1, -0.05) is 121 Å². The van der Waals surface area contributed by atoms with E-state index in [1.165, 1.54) is 0 Å². The van der Waals surface area contributed by atoms with E-state index in [0.29, 0.717) is 17.5 Å². The maximum absolute atomic E-state index is 6.83. The molecule has 6 nitrogen and oxygen atoms in total. The Labute approximate surface area is 312 Å². The molecular weight excluding hydrogens is 679 g/mol. The van der Waals surface area contributed by atoms with E-state index in [-0.39, 0.29) is 0 Å². The molecule has 55 heavy (non-hydrogen) atoms. The second kappa shape index (κ2) is 11.5. The van der Waals surface area contributed by atoms with Gasteiger partial charge >= 0.3 is 0 Å². The van der Waals surface area contributed by atoms with Gasteiger partial charge in [0.15, 0.2) is 17.5 Å². The fourth-order valence-corrected chi connectivity index (χ4v) is 8.27. The van der Waals surface area contributed by atoms with Gasteiger partial charge in [0.05, 0.1) is 0 Å². The SMILES string of the molecule is c1ccc(-c2c3ccccc3cc3c2oc2cc(-c4nc(-c5cccc6oc7ccccc7c56)nc(-c5cccc6oc7ccccc7c56)n4)ccc23)cc1. The van der Waals surface area contributed by atoms with Gasteiger partial charge in [0.1, 0.15) is 33.5 Å². The van der Waals surface area contributed by atoms with Crippen LogP contribution in [0, 0.1) is 0 Å². The van der Waals surface area contributed by atoms with Crippen LogP contribution in [0.3, 0.4) is 0 Å². The summed E-state index contributed by atoms with van der Waals surface area (Å²) in [4.78, 5) is 15.6. The second-order valence-electron chi connectivity index (χ2n) is 13.9. The number of furan rings is 3. The smallest absolute Gasteiger partial charge is 0.164 e. The van der Waals surface area contributed by atoms with Crippen LogP contribution in [0.5, 0.6) is 0 Å². The molecule has 0 spiro atoms. The Balaban J connectivity index is 1.13. The van der Waals surface area contributed by atoms with Crippen LogP contribution in [0.1, 0.15) is 0 Å². The number of benzene rings is 8. The van der Waals surface area contributed by atoms with Crippen LogP contribution in [-0.2, 0) is 0 Å². The van der Waals surface area contributed by atoms with Crippen molar-refractivity contribution in [1.29, 1.82) is 0 Å². The van der Waals surface area contributed by atoms with Gasteiger partial charge in [0.25, 0.3) is 0 Å². The van der Waals surface area contributed by atoms with E-state index in [9.17, 15) is 0 Å². The van der Waals surface area contributed by atoms with Crippen molar-refractivity contribution in [1.82, 2.24) is 15.0 Å². The highest BCUT2D eigenvalue weighted by Crippen LogP contribution is 2.43. The van der Waals surface area contributed by atoms with Crippen molar-refractivity contribution in [3.63, 3.8) is 0 Å². The lowest BCUT2D eigenvalue weighted by atomic mass is 9.95. The summed E-state index contributed by atoms with van der Waals surface area (Å²) in [6.45, 7) is 0. The zero-order valence-electron chi connectivity index (χ0n) is 29.2. The number of hydrogen-bond donors (Lipinski definition) is 0. The standard InChI is InChI=1S/C49H27N3O3/c1-2-12-28(13-3-1)43-31-15-5-4-14-29(31)26-37-32-25-24-30(27-42(32)55-46(37)43)47-50-48(35-18-10-22-40-44(35)33-16-6-8-20-38(33)53-40)52-49(51-47)36-19-11-23-41-45(36)34-17-7-9-21-39(34)54-41/h1-27H. The highest BCUT2D eigenvalue weighted by atomic mass is 16.3. The maximum Gasteiger partial charge on any atom is 0.164 e. The van der Waals surface area contributed by atoms with E-state index in [0.717, 1.165) is 104 Å². The minimum atomic E-state index is 0.533. The fraction of sp³-hybridized carbons (Fsp3) is 0. The number of para-hydroxylation sites is 2. The molecule has 0 N–H and O–H groups in total. The average molecular weight is 706 g/mol. The minimum absolute atomic E-state index is 0.533. The molecule has 0 saturated carbocycles. The summed E-state index contributed by atoms with van der Waals surface area (Å²) >= 11 is 0. The van der Waals surface area contributed by atoms with Gasteiger partial charge in [-0.2, -0.15) is 0 Å². The zero-order valence-corrected chi connectivity index (χ0v) is 29.2. The van der Waals surface area contributed by atoms with E-state index in [1.807, 2.05) is 66.7 Å². The second-order valence-corrected chi connectivity index (χ2v) is 13.9. The van der Waals surface area contributed by atoms with Gasteiger partial charge in [-0.25, -0.2) is 15.0 Å². The van der Waals surface area contributed by atoms with Gasteiger partial charge in [0.2, 0.25) is 0 Å². The Bertz CT molecular complexity index is 3370. The Morgan fingerprint density at radius 2 is 0.891 bits per heavy atom. The number of fused-ring (bicyclic) bond motifs is 10. The van der Waals surface area contributed by atoms with Crippen molar-refractivity contribution in [2.45, 2.75) is 0 Å². The molecule has 0 fully saturated rings. The van der Waals surface area contributed by atoms with Gasteiger partial charge < -0.3 is 13.3 Å². The van der Waals surface area contributed by atoms with Gasteiger partial charge in [0, 0.05) is 54.6 Å². The number of hydrogen-bond acceptors (Lipinski definition) is 6. The third kappa shape index (κ3) is 4.52. The first-order valence-corrected chi connectivity index (χ1v) is 18.3. The summed E-state index contributed by atoms with van der Waals surface area (Å²) in [6.07, 6.45) is 0. The van der Waals surface area contributed by atoms with Crippen molar-refractivity contribution in [3.05, 3.63) is 164 Å². The van der Waals surface area contributed by atoms with Crippen molar-refractivity contribution in [3.8, 4) is 45.3 Å². The molecule has 0 aliphatic rings. The third-order valence-electron chi connectivity index (χ3n) is 10.7. The van der Waals surface area contributed by atoms with Gasteiger partial charge in [-0.15, -0.1) is 0 Å². The van der Waals surface area contributed by atoms with Crippen LogP contribution in [0.15, 0.2) is 177 Å². The summed E-state index contributed by atoms with van der Waals surface area (Å²) in [5, 5.41) is 8.33. The molecule has 6 heteroatoms. The molecule has 4 heterocycles. The Hall–Kier alpha value is -7.57. The monoisotopic (exact) mass is 705 g/mol. The van der Waals surface area contributed by atoms with E-state index >= 15 is 0 Å². The predicted molar refractivity (Wildman–Crippen MR) is 221 cm³/mol. The summed E-state index contributed by atoms with van der Waals surface area (Å²) in [5.74, 6) is 1.62. The topological polar surface area (TPSA) is 78.1 Å². The van der Waals surface area contributed by atoms with Crippen LogP contribution >= 0.6 is 0 Å². The molecule has 0 aliphatic carbocycles. The molecular formula is C49H27N3O3. The molecule has 256 valence electrons. The number of nitrogens with zero attached hydrogens (tertiary/aromatic N) is 3. The van der Waals surface area contributed by atoms with Crippen molar-refractivity contribution < 1.29 is 13.3 Å². The molecule has 0 atom stereocenters. The highest BCUT2D eigenvalue weighted by molar-refractivity contribution is 6.19. The third-order valence-corrected chi connectivity index (χ3v) is 10.7. The molecule has 12 rings (SSSR count). The molecule has 12 aromatic rings. The molecule has 0 bridgehead atoms. The molecule has 0 unspecified atom stereocenters. The van der Waals surface area contributed by atoms with Crippen LogP contribution in [0.2, 0.25) is 0 Å². The quantitative estimate of drug-likeness (QED) is 0.181. The summed E-state index contributed by atoms with van der Waals surface area (Å²) in [7, 11) is 0. The van der Waals surface area contributed by atoms with E-state index in [4.69, 9.17) is 28.2 Å². The van der Waals surface area contributed by atoms with Crippen LogP contribution in [0.25, 0.3) is 122 Å². The maximum atomic E-state index is 6.83. The number of rotatable bonds is 4. The summed E-state index contributed by atoms with van der Waals surface area (Å²) in [5.41, 5.74) is 9.51. The van der Waals surface area contributed by atoms with Crippen LogP contribution in [-0.4, -0.2) is 15.0 Å². The van der Waals surface area contributed by atoms with Gasteiger partial charge in [-0.3, -0.25) is 0 Å². The molecule has 0 saturated heterocycles. The largest absolute Gasteiger partial charge is 0.456 e. The fourth-order valence-electron chi connectivity index (χ4n) is 8.27. The molecule has 4 aromatic heterocycles. The van der Waals surface area contributed by atoms with Gasteiger partial charge in [-0.05, 0) is 58.8 Å². The molecule has 0 radical (unpaired) electrons. The number of aromatic nitrogens is 3. The van der Waals surface area contributed by atoms with Crippen molar-refractivity contribution in [2.75, 3.05) is 0 Å². The van der Waals surface area contributed by atoms with E-state index < -0.39 is 0 Å². The summed E-state index contributed by atoms with van der Waals surface area (Å²) < 4.78 is 19.4. The lowest BCUT2D eigenvalue weighted by Crippen LogP contribution is -2.00. The summed E-state index contributed by atoms with van der Waals surface area (Å²) in [6, 6.07) is 55.7. The minimum Gasteiger partial charge on any atom is -0.456 e. The average Bonchev–Trinajstić information content (AvgIpc) is 3.94. The lowest BCUT2D eigenvalue weighted by molar-refractivity contribution is 0.668. The Morgan fingerprint density at radius 1 is 0.327 bits per heavy atom. The Kier molecular flexibility index (Phi) is 6.24. The van der Waals surface area contributed by atoms with E-state index in [2.05, 4.69) is 97.1 Å². The first-order valence-electron chi connectivity index (χ1n) is 18.3. The first-order chi connectivity index (χ1) is 27.2. The predicted octanol–water partition coefficient (Wildman–Crippen LogP) is 13.4. The van der Waals surface area contributed by atoms with E-state index in [1.54, 1.807) is 0 Å². The Morgan fingerprint density at radius 3 is 1.56 bits per heavy atom. The van der Waals surface area contributed by atoms with Crippen molar-refractivity contribution in [2.24, 2.45) is 0 Å². The first kappa shape index (κ1) is 29.9. The zero-order chi connectivity index (χ0) is 36.0. The molecule has 0 aliphatic heterocycles. The highest BCUT2D eigenvalue weighted by Gasteiger charge is 2.22. The lowest BCUT2D eigenvalue weighted by Gasteiger charge is -2.10. The molecule has 0 amide bonds. The normalized spacial score (nSPS) is 12.0. The molecule has 8 aromatic carbocycles. The van der Waals surface area contributed by atoms with Crippen LogP contribution < -0.4 is 0 Å².